The quantitative estimate of drug-likeness (QED) is 0.902. The van der Waals surface area contributed by atoms with Crippen molar-refractivity contribution in [3.63, 3.8) is 0 Å². The number of alkyl halides is 3. The minimum absolute atomic E-state index is 0.405. The van der Waals surface area contributed by atoms with E-state index in [-0.39, 0.29) is 0 Å². The molecule has 0 aliphatic heterocycles. The second-order valence-corrected chi connectivity index (χ2v) is 5.35. The Bertz CT molecular complexity index is 600. The molecule has 6 heteroatoms. The van der Waals surface area contributed by atoms with E-state index < -0.39 is 25.2 Å². The molecule has 0 radical (unpaired) electrons. The Morgan fingerprint density at radius 3 is 2.40 bits per heavy atom. The zero-order valence-corrected chi connectivity index (χ0v) is 12.0. The minimum Gasteiger partial charge on any atom is -0.493 e. The maximum absolute atomic E-state index is 12.6. The van der Waals surface area contributed by atoms with Gasteiger partial charge in [-0.25, -0.2) is 0 Å². The first-order chi connectivity index (χ1) is 9.40. The van der Waals surface area contributed by atoms with E-state index in [9.17, 15) is 13.2 Å². The van der Waals surface area contributed by atoms with Crippen LogP contribution in [0.5, 0.6) is 5.75 Å². The van der Waals surface area contributed by atoms with E-state index >= 15 is 0 Å². The molecule has 20 heavy (non-hydrogen) atoms. The van der Waals surface area contributed by atoms with Gasteiger partial charge in [-0.05, 0) is 35.0 Å². The van der Waals surface area contributed by atoms with Gasteiger partial charge in [-0.2, -0.15) is 13.2 Å². The molecule has 0 heterocycles. The van der Waals surface area contributed by atoms with Gasteiger partial charge in [0.25, 0.3) is 0 Å². The van der Waals surface area contributed by atoms with E-state index in [4.69, 9.17) is 10.5 Å². The van der Waals surface area contributed by atoms with Crippen LogP contribution in [0.1, 0.15) is 0 Å². The molecule has 2 aromatic rings. The molecule has 0 aliphatic rings. The number of hydrogen-bond acceptors (Lipinski definition) is 2. The SMILES string of the molecule is NCC(COc1ccc2cc(Br)ccc2c1)C(F)(F)F. The molecular weight excluding hydrogens is 335 g/mol. The molecule has 1 unspecified atom stereocenters. The molecule has 108 valence electrons. The summed E-state index contributed by atoms with van der Waals surface area (Å²) in [6, 6.07) is 10.8. The van der Waals surface area contributed by atoms with Crippen LogP contribution in [0.15, 0.2) is 40.9 Å². The number of benzene rings is 2. The lowest BCUT2D eigenvalue weighted by atomic mass is 10.1. The summed E-state index contributed by atoms with van der Waals surface area (Å²) in [5, 5.41) is 1.89. The van der Waals surface area contributed by atoms with Gasteiger partial charge >= 0.3 is 6.18 Å². The number of hydrogen-bond donors (Lipinski definition) is 1. The van der Waals surface area contributed by atoms with Gasteiger partial charge < -0.3 is 10.5 Å². The fourth-order valence-electron chi connectivity index (χ4n) is 1.78. The number of rotatable bonds is 4. The third kappa shape index (κ3) is 3.64. The topological polar surface area (TPSA) is 35.2 Å². The Kier molecular flexibility index (Phi) is 4.55. The van der Waals surface area contributed by atoms with Crippen molar-refractivity contribution in [1.82, 2.24) is 0 Å². The number of fused-ring (bicyclic) bond motifs is 1. The summed E-state index contributed by atoms with van der Waals surface area (Å²) in [5.74, 6) is -1.24. The van der Waals surface area contributed by atoms with E-state index in [1.807, 2.05) is 18.2 Å². The Hall–Kier alpha value is -1.27. The molecule has 1 atom stereocenters. The molecule has 0 fully saturated rings. The highest BCUT2D eigenvalue weighted by atomic mass is 79.9. The standard InChI is InChI=1S/C14H13BrF3NO/c15-12-3-1-10-6-13(4-2-9(10)5-12)20-8-11(7-19)14(16,17)18/h1-6,11H,7-8,19H2. The fraction of sp³-hybridized carbons (Fsp3) is 0.286. The molecule has 0 aromatic heterocycles. The van der Waals surface area contributed by atoms with Gasteiger partial charge in [0.15, 0.2) is 0 Å². The first kappa shape index (κ1) is 15.1. The third-order valence-electron chi connectivity index (χ3n) is 2.97. The van der Waals surface area contributed by atoms with Crippen LogP contribution in [0.4, 0.5) is 13.2 Å². The van der Waals surface area contributed by atoms with Crippen molar-refractivity contribution in [3.05, 3.63) is 40.9 Å². The fourth-order valence-corrected chi connectivity index (χ4v) is 2.16. The zero-order chi connectivity index (χ0) is 14.8. The van der Waals surface area contributed by atoms with E-state index in [2.05, 4.69) is 15.9 Å². The van der Waals surface area contributed by atoms with Crippen molar-refractivity contribution >= 4 is 26.7 Å². The van der Waals surface area contributed by atoms with Crippen LogP contribution in [0, 0.1) is 5.92 Å². The number of ether oxygens (including phenoxy) is 1. The predicted molar refractivity (Wildman–Crippen MR) is 75.7 cm³/mol. The summed E-state index contributed by atoms with van der Waals surface area (Å²) < 4.78 is 43.8. The first-order valence-electron chi connectivity index (χ1n) is 5.99. The lowest BCUT2D eigenvalue weighted by Crippen LogP contribution is -2.35. The first-order valence-corrected chi connectivity index (χ1v) is 6.78. The van der Waals surface area contributed by atoms with Crippen molar-refractivity contribution in [3.8, 4) is 5.75 Å². The van der Waals surface area contributed by atoms with E-state index in [0.717, 1.165) is 15.2 Å². The highest BCUT2D eigenvalue weighted by Gasteiger charge is 2.39. The summed E-state index contributed by atoms with van der Waals surface area (Å²) in [7, 11) is 0. The Labute approximate surface area is 122 Å². The highest BCUT2D eigenvalue weighted by Crippen LogP contribution is 2.28. The molecule has 0 bridgehead atoms. The predicted octanol–water partition coefficient (Wildman–Crippen LogP) is 4.12. The smallest absolute Gasteiger partial charge is 0.396 e. The lowest BCUT2D eigenvalue weighted by Gasteiger charge is -2.19. The number of halogens is 4. The third-order valence-corrected chi connectivity index (χ3v) is 3.47. The van der Waals surface area contributed by atoms with Crippen molar-refractivity contribution in [2.24, 2.45) is 11.7 Å². The second kappa shape index (κ2) is 6.01. The molecule has 2 nitrogen and oxygen atoms in total. The van der Waals surface area contributed by atoms with Gasteiger partial charge in [0, 0.05) is 11.0 Å². The molecule has 0 saturated carbocycles. The van der Waals surface area contributed by atoms with Crippen molar-refractivity contribution in [2.75, 3.05) is 13.2 Å². The Balaban J connectivity index is 2.12. The van der Waals surface area contributed by atoms with Crippen molar-refractivity contribution < 1.29 is 17.9 Å². The van der Waals surface area contributed by atoms with Gasteiger partial charge in [0.2, 0.25) is 0 Å². The van der Waals surface area contributed by atoms with Crippen LogP contribution in [0.3, 0.4) is 0 Å². The van der Waals surface area contributed by atoms with E-state index in [0.29, 0.717) is 5.75 Å². The van der Waals surface area contributed by atoms with Gasteiger partial charge in [-0.15, -0.1) is 0 Å². The normalized spacial score (nSPS) is 13.4. The van der Waals surface area contributed by atoms with Crippen LogP contribution < -0.4 is 10.5 Å². The lowest BCUT2D eigenvalue weighted by molar-refractivity contribution is -0.178. The van der Waals surface area contributed by atoms with Crippen LogP contribution >= 0.6 is 15.9 Å². The number of nitrogens with two attached hydrogens (primary N) is 1. The minimum atomic E-state index is -4.34. The maximum atomic E-state index is 12.6. The molecular formula is C14H13BrF3NO. The summed E-state index contributed by atoms with van der Waals surface area (Å²) in [6.45, 7) is -0.952. The molecule has 2 N–H and O–H groups in total. The van der Waals surface area contributed by atoms with Gasteiger partial charge in [-0.3, -0.25) is 0 Å². The molecule has 0 amide bonds. The van der Waals surface area contributed by atoms with Gasteiger partial charge in [0.05, 0.1) is 0 Å². The monoisotopic (exact) mass is 347 g/mol. The Morgan fingerprint density at radius 1 is 1.10 bits per heavy atom. The second-order valence-electron chi connectivity index (χ2n) is 4.44. The maximum Gasteiger partial charge on any atom is 0.396 e. The molecule has 0 saturated heterocycles. The molecule has 2 aromatic carbocycles. The average Bonchev–Trinajstić information content (AvgIpc) is 2.38. The largest absolute Gasteiger partial charge is 0.493 e. The summed E-state index contributed by atoms with van der Waals surface area (Å²) in [5.41, 5.74) is 5.13. The van der Waals surface area contributed by atoms with Crippen LogP contribution in [-0.2, 0) is 0 Å². The van der Waals surface area contributed by atoms with Crippen LogP contribution in [0.25, 0.3) is 10.8 Å². The highest BCUT2D eigenvalue weighted by molar-refractivity contribution is 9.10. The molecule has 0 aliphatic carbocycles. The van der Waals surface area contributed by atoms with Gasteiger partial charge in [0.1, 0.15) is 18.3 Å². The van der Waals surface area contributed by atoms with Crippen molar-refractivity contribution in [2.45, 2.75) is 6.18 Å². The molecule has 2 rings (SSSR count). The summed E-state index contributed by atoms with van der Waals surface area (Å²) >= 11 is 3.36. The van der Waals surface area contributed by atoms with E-state index in [1.54, 1.807) is 18.2 Å². The zero-order valence-electron chi connectivity index (χ0n) is 10.5. The van der Waals surface area contributed by atoms with Crippen molar-refractivity contribution in [1.29, 1.82) is 0 Å². The molecule has 0 spiro atoms. The summed E-state index contributed by atoms with van der Waals surface area (Å²) in [6.07, 6.45) is -4.34. The average molecular weight is 348 g/mol. The Morgan fingerprint density at radius 2 is 1.75 bits per heavy atom. The van der Waals surface area contributed by atoms with Gasteiger partial charge in [-0.1, -0.05) is 28.1 Å². The van der Waals surface area contributed by atoms with Crippen LogP contribution in [-0.4, -0.2) is 19.3 Å². The van der Waals surface area contributed by atoms with E-state index in [1.165, 1.54) is 0 Å². The summed E-state index contributed by atoms with van der Waals surface area (Å²) in [4.78, 5) is 0. The van der Waals surface area contributed by atoms with Crippen LogP contribution in [0.2, 0.25) is 0 Å².